The van der Waals surface area contributed by atoms with Crippen molar-refractivity contribution in [1.29, 1.82) is 0 Å². The summed E-state index contributed by atoms with van der Waals surface area (Å²) < 4.78 is 19.2. The fourth-order valence-electron chi connectivity index (χ4n) is 3.86. The van der Waals surface area contributed by atoms with E-state index in [9.17, 15) is 14.3 Å². The molecule has 0 aromatic heterocycles. The highest BCUT2D eigenvalue weighted by atomic mass is 35.5. The van der Waals surface area contributed by atoms with Crippen LogP contribution in [0.15, 0.2) is 24.3 Å². The summed E-state index contributed by atoms with van der Waals surface area (Å²) in [6, 6.07) is 6.02. The van der Waals surface area contributed by atoms with E-state index in [2.05, 4.69) is 10.6 Å². The van der Waals surface area contributed by atoms with Gasteiger partial charge in [-0.1, -0.05) is 12.1 Å². The Morgan fingerprint density at radius 3 is 2.80 bits per heavy atom. The first kappa shape index (κ1) is 20.1. The van der Waals surface area contributed by atoms with Crippen molar-refractivity contribution < 1.29 is 19.0 Å². The van der Waals surface area contributed by atoms with Gasteiger partial charge in [-0.25, -0.2) is 4.39 Å². The Morgan fingerprint density at radius 1 is 1.40 bits per heavy atom. The molecule has 2 fully saturated rings. The molecule has 2 aliphatic rings. The summed E-state index contributed by atoms with van der Waals surface area (Å²) in [5.41, 5.74) is -0.709. The zero-order chi connectivity index (χ0) is 17.2. The summed E-state index contributed by atoms with van der Waals surface area (Å²) in [6.07, 6.45) is 1.33. The predicted molar refractivity (Wildman–Crippen MR) is 95.3 cm³/mol. The zero-order valence-corrected chi connectivity index (χ0v) is 15.2. The van der Waals surface area contributed by atoms with Crippen LogP contribution in [0.4, 0.5) is 4.39 Å². The van der Waals surface area contributed by atoms with Gasteiger partial charge in [0.05, 0.1) is 17.6 Å². The summed E-state index contributed by atoms with van der Waals surface area (Å²) in [5.74, 6) is -0.570. The van der Waals surface area contributed by atoms with E-state index in [0.717, 1.165) is 25.9 Å². The quantitative estimate of drug-likeness (QED) is 0.753. The van der Waals surface area contributed by atoms with E-state index in [0.29, 0.717) is 18.6 Å². The van der Waals surface area contributed by atoms with Crippen LogP contribution in [0.1, 0.15) is 31.7 Å². The molecule has 25 heavy (non-hydrogen) atoms. The third kappa shape index (κ3) is 4.31. The van der Waals surface area contributed by atoms with Crippen LogP contribution in [0, 0.1) is 5.82 Å². The minimum absolute atomic E-state index is 0. The molecule has 3 rings (SSSR count). The average Bonchev–Trinajstić information content (AvgIpc) is 2.53. The van der Waals surface area contributed by atoms with Crippen LogP contribution in [0.2, 0.25) is 0 Å². The number of piperidine rings is 1. The number of nitrogens with one attached hydrogen (secondary N) is 2. The number of amides is 1. The monoisotopic (exact) mass is 372 g/mol. The minimum atomic E-state index is -0.766. The Labute approximate surface area is 153 Å². The molecule has 1 spiro atoms. The Hall–Kier alpha value is -1.21. The van der Waals surface area contributed by atoms with Gasteiger partial charge in [0.25, 0.3) is 0 Å². The highest BCUT2D eigenvalue weighted by Crippen LogP contribution is 2.38. The van der Waals surface area contributed by atoms with Gasteiger partial charge in [0.2, 0.25) is 5.91 Å². The number of hydrogen-bond donors (Lipinski definition) is 3. The second kappa shape index (κ2) is 7.99. The van der Waals surface area contributed by atoms with Crippen LogP contribution in [-0.2, 0) is 16.0 Å². The molecule has 2 atom stereocenters. The van der Waals surface area contributed by atoms with Gasteiger partial charge in [0.15, 0.2) is 0 Å². The lowest BCUT2D eigenvalue weighted by Gasteiger charge is -2.52. The topological polar surface area (TPSA) is 70.6 Å². The lowest BCUT2D eigenvalue weighted by molar-refractivity contribution is -0.200. The Kier molecular flexibility index (Phi) is 6.43. The standard InChI is InChI=1S/C18H25FN2O3.ClH/c1-17(21-15(22)12-13-3-2-4-14(19)11-13)7-10-24-18(16(17)23)5-8-20-9-6-18;/h2-4,11,16,20,23H,5-10,12H2,1H3,(H,21,22);1H/t16-,17+;/m0./s1. The number of benzene rings is 1. The number of ether oxygens (including phenoxy) is 1. The predicted octanol–water partition coefficient (Wildman–Crippen LogP) is 1.57. The van der Waals surface area contributed by atoms with Crippen molar-refractivity contribution in [3.63, 3.8) is 0 Å². The molecule has 5 nitrogen and oxygen atoms in total. The maximum absolute atomic E-state index is 13.3. The number of carbonyl (C=O) groups excluding carboxylic acids is 1. The Balaban J connectivity index is 0.00000225. The number of carbonyl (C=O) groups is 1. The van der Waals surface area contributed by atoms with Crippen molar-refractivity contribution in [1.82, 2.24) is 10.6 Å². The fraction of sp³-hybridized carbons (Fsp3) is 0.611. The van der Waals surface area contributed by atoms with E-state index in [4.69, 9.17) is 4.74 Å². The molecular weight excluding hydrogens is 347 g/mol. The SMILES string of the molecule is C[C@@]1(NC(=O)Cc2cccc(F)c2)CCOC2(CCNCC2)[C@H]1O.Cl. The van der Waals surface area contributed by atoms with Crippen LogP contribution in [-0.4, -0.2) is 48.0 Å². The molecule has 7 heteroatoms. The highest BCUT2D eigenvalue weighted by Gasteiger charge is 2.52. The molecule has 2 saturated heterocycles. The molecule has 0 bridgehead atoms. The number of aliphatic hydroxyl groups is 1. The van der Waals surface area contributed by atoms with Gasteiger partial charge in [-0.3, -0.25) is 4.79 Å². The summed E-state index contributed by atoms with van der Waals surface area (Å²) in [4.78, 5) is 12.4. The van der Waals surface area contributed by atoms with Gasteiger partial charge >= 0.3 is 0 Å². The Bertz CT molecular complexity index is 604. The van der Waals surface area contributed by atoms with Gasteiger partial charge in [-0.15, -0.1) is 12.4 Å². The number of rotatable bonds is 3. The van der Waals surface area contributed by atoms with Crippen molar-refractivity contribution in [2.75, 3.05) is 19.7 Å². The van der Waals surface area contributed by atoms with Gasteiger partial charge < -0.3 is 20.5 Å². The first-order chi connectivity index (χ1) is 11.4. The van der Waals surface area contributed by atoms with Crippen molar-refractivity contribution in [3.05, 3.63) is 35.6 Å². The molecule has 140 valence electrons. The zero-order valence-electron chi connectivity index (χ0n) is 14.4. The van der Waals surface area contributed by atoms with Crippen LogP contribution in [0.3, 0.4) is 0 Å². The summed E-state index contributed by atoms with van der Waals surface area (Å²) in [5, 5.41) is 17.2. The van der Waals surface area contributed by atoms with Gasteiger partial charge in [-0.05, 0) is 57.0 Å². The number of aliphatic hydroxyl groups excluding tert-OH is 1. The molecule has 3 N–H and O–H groups in total. The molecule has 1 amide bonds. The van der Waals surface area contributed by atoms with Crippen LogP contribution in [0.5, 0.6) is 0 Å². The van der Waals surface area contributed by atoms with E-state index in [-0.39, 0.29) is 30.6 Å². The molecule has 2 aliphatic heterocycles. The van der Waals surface area contributed by atoms with Crippen LogP contribution < -0.4 is 10.6 Å². The van der Waals surface area contributed by atoms with Crippen LogP contribution >= 0.6 is 12.4 Å². The third-order valence-corrected chi connectivity index (χ3v) is 5.24. The van der Waals surface area contributed by atoms with Gasteiger partial charge in [-0.2, -0.15) is 0 Å². The molecule has 1 aromatic rings. The average molecular weight is 373 g/mol. The first-order valence-corrected chi connectivity index (χ1v) is 8.52. The second-order valence-electron chi connectivity index (χ2n) is 7.09. The molecule has 1 aromatic carbocycles. The molecule has 0 unspecified atom stereocenters. The molecular formula is C18H26ClFN2O3. The molecule has 0 radical (unpaired) electrons. The Morgan fingerprint density at radius 2 is 2.12 bits per heavy atom. The van der Waals surface area contributed by atoms with Crippen molar-refractivity contribution in [2.45, 2.75) is 49.9 Å². The number of halogens is 2. The van der Waals surface area contributed by atoms with Crippen molar-refractivity contribution in [2.24, 2.45) is 0 Å². The lowest BCUT2D eigenvalue weighted by Crippen LogP contribution is -2.69. The van der Waals surface area contributed by atoms with Gasteiger partial charge in [0, 0.05) is 6.61 Å². The van der Waals surface area contributed by atoms with E-state index in [1.807, 2.05) is 6.92 Å². The van der Waals surface area contributed by atoms with Crippen molar-refractivity contribution in [3.8, 4) is 0 Å². The van der Waals surface area contributed by atoms with E-state index < -0.39 is 17.2 Å². The van der Waals surface area contributed by atoms with E-state index in [1.165, 1.54) is 12.1 Å². The third-order valence-electron chi connectivity index (χ3n) is 5.24. The van der Waals surface area contributed by atoms with E-state index in [1.54, 1.807) is 12.1 Å². The molecule has 0 aliphatic carbocycles. The maximum Gasteiger partial charge on any atom is 0.224 e. The normalized spacial score (nSPS) is 28.2. The van der Waals surface area contributed by atoms with Gasteiger partial charge in [0.1, 0.15) is 11.9 Å². The largest absolute Gasteiger partial charge is 0.388 e. The van der Waals surface area contributed by atoms with Crippen molar-refractivity contribution >= 4 is 18.3 Å². The molecule has 2 heterocycles. The summed E-state index contributed by atoms with van der Waals surface area (Å²) >= 11 is 0. The first-order valence-electron chi connectivity index (χ1n) is 8.52. The fourth-order valence-corrected chi connectivity index (χ4v) is 3.86. The highest BCUT2D eigenvalue weighted by molar-refractivity contribution is 5.85. The maximum atomic E-state index is 13.3. The lowest BCUT2D eigenvalue weighted by atomic mass is 9.73. The number of hydrogen-bond acceptors (Lipinski definition) is 4. The summed E-state index contributed by atoms with van der Waals surface area (Å²) in [6.45, 7) is 3.97. The smallest absolute Gasteiger partial charge is 0.224 e. The van der Waals surface area contributed by atoms with Crippen LogP contribution in [0.25, 0.3) is 0 Å². The molecule has 0 saturated carbocycles. The van der Waals surface area contributed by atoms with E-state index >= 15 is 0 Å². The summed E-state index contributed by atoms with van der Waals surface area (Å²) in [7, 11) is 0. The minimum Gasteiger partial charge on any atom is -0.388 e. The second-order valence-corrected chi connectivity index (χ2v) is 7.09.